The van der Waals surface area contributed by atoms with Crippen LogP contribution in [-0.4, -0.2) is 18.0 Å². The van der Waals surface area contributed by atoms with Crippen molar-refractivity contribution in [1.29, 1.82) is 0 Å². The zero-order chi connectivity index (χ0) is 10.6. The SMILES string of the molecule is C=CCC(=O)c1ccc(OC)c(O)c1. The van der Waals surface area contributed by atoms with Crippen LogP contribution in [0.25, 0.3) is 0 Å². The van der Waals surface area contributed by atoms with Crippen LogP contribution in [0, 0.1) is 0 Å². The maximum atomic E-state index is 11.4. The molecular formula is C11H12O3. The smallest absolute Gasteiger partial charge is 0.166 e. The van der Waals surface area contributed by atoms with Gasteiger partial charge in [0.2, 0.25) is 0 Å². The van der Waals surface area contributed by atoms with Gasteiger partial charge < -0.3 is 9.84 Å². The highest BCUT2D eigenvalue weighted by atomic mass is 16.5. The molecule has 0 saturated heterocycles. The highest BCUT2D eigenvalue weighted by molar-refractivity contribution is 5.97. The Morgan fingerprint density at radius 3 is 2.86 bits per heavy atom. The Bertz CT molecular complexity index is 356. The summed E-state index contributed by atoms with van der Waals surface area (Å²) in [5.41, 5.74) is 0.461. The summed E-state index contributed by atoms with van der Waals surface area (Å²) in [5, 5.41) is 9.41. The number of carbonyl (C=O) groups excluding carboxylic acids is 1. The molecule has 0 amide bonds. The standard InChI is InChI=1S/C11H12O3/c1-3-4-9(12)8-5-6-11(14-2)10(13)7-8/h3,5-7,13H,1,4H2,2H3. The number of allylic oxidation sites excluding steroid dienone is 1. The number of phenols is 1. The quantitative estimate of drug-likeness (QED) is 0.587. The second-order valence-electron chi connectivity index (χ2n) is 2.80. The maximum Gasteiger partial charge on any atom is 0.166 e. The van der Waals surface area contributed by atoms with Crippen molar-refractivity contribution in [2.45, 2.75) is 6.42 Å². The lowest BCUT2D eigenvalue weighted by atomic mass is 10.1. The Labute approximate surface area is 82.6 Å². The first-order valence-corrected chi connectivity index (χ1v) is 4.20. The van der Waals surface area contributed by atoms with Gasteiger partial charge in [0.05, 0.1) is 7.11 Å². The van der Waals surface area contributed by atoms with Crippen molar-refractivity contribution in [2.24, 2.45) is 0 Å². The van der Waals surface area contributed by atoms with Crippen LogP contribution in [0.3, 0.4) is 0 Å². The lowest BCUT2D eigenvalue weighted by molar-refractivity contribution is 0.0995. The molecule has 1 aromatic rings. The van der Waals surface area contributed by atoms with E-state index in [2.05, 4.69) is 6.58 Å². The van der Waals surface area contributed by atoms with E-state index in [9.17, 15) is 9.90 Å². The molecule has 0 atom stereocenters. The van der Waals surface area contributed by atoms with Crippen molar-refractivity contribution in [3.8, 4) is 11.5 Å². The fraction of sp³-hybridized carbons (Fsp3) is 0.182. The Kier molecular flexibility index (Phi) is 3.29. The lowest BCUT2D eigenvalue weighted by Gasteiger charge is -2.04. The summed E-state index contributed by atoms with van der Waals surface area (Å²) in [6.45, 7) is 3.47. The van der Waals surface area contributed by atoms with Gasteiger partial charge in [-0.3, -0.25) is 4.79 Å². The number of rotatable bonds is 4. The zero-order valence-corrected chi connectivity index (χ0v) is 7.99. The van der Waals surface area contributed by atoms with E-state index in [0.29, 0.717) is 11.3 Å². The number of phenolic OH excluding ortho intramolecular Hbond substituents is 1. The molecule has 1 aromatic carbocycles. The summed E-state index contributed by atoms with van der Waals surface area (Å²) in [6, 6.07) is 4.57. The third-order valence-corrected chi connectivity index (χ3v) is 1.83. The average Bonchev–Trinajstić information content (AvgIpc) is 2.18. The van der Waals surface area contributed by atoms with Crippen LogP contribution >= 0.6 is 0 Å². The van der Waals surface area contributed by atoms with Gasteiger partial charge in [-0.2, -0.15) is 0 Å². The summed E-state index contributed by atoms with van der Waals surface area (Å²) >= 11 is 0. The maximum absolute atomic E-state index is 11.4. The molecule has 0 fully saturated rings. The highest BCUT2D eigenvalue weighted by Gasteiger charge is 2.07. The molecule has 1 N–H and O–H groups in total. The van der Waals surface area contributed by atoms with Crippen molar-refractivity contribution in [3.05, 3.63) is 36.4 Å². The van der Waals surface area contributed by atoms with Gasteiger partial charge in [0.15, 0.2) is 17.3 Å². The first-order chi connectivity index (χ1) is 6.69. The molecule has 0 saturated carbocycles. The number of carbonyl (C=O) groups is 1. The predicted molar refractivity (Wildman–Crippen MR) is 53.8 cm³/mol. The first kappa shape index (κ1) is 10.3. The van der Waals surface area contributed by atoms with Crippen LogP contribution in [0.15, 0.2) is 30.9 Å². The molecular weight excluding hydrogens is 180 g/mol. The van der Waals surface area contributed by atoms with Crippen LogP contribution in [0.4, 0.5) is 0 Å². The number of benzene rings is 1. The van der Waals surface area contributed by atoms with Crippen LogP contribution in [0.2, 0.25) is 0 Å². The minimum absolute atomic E-state index is 0.0255. The van der Waals surface area contributed by atoms with E-state index < -0.39 is 0 Å². The van der Waals surface area contributed by atoms with Gasteiger partial charge in [-0.05, 0) is 18.2 Å². The zero-order valence-electron chi connectivity index (χ0n) is 7.99. The fourth-order valence-corrected chi connectivity index (χ4v) is 1.11. The van der Waals surface area contributed by atoms with Crippen LogP contribution in [0.5, 0.6) is 11.5 Å². The second kappa shape index (κ2) is 4.46. The van der Waals surface area contributed by atoms with Gasteiger partial charge >= 0.3 is 0 Å². The third kappa shape index (κ3) is 2.13. The van der Waals surface area contributed by atoms with Gasteiger partial charge in [-0.1, -0.05) is 6.08 Å². The Balaban J connectivity index is 2.96. The van der Waals surface area contributed by atoms with Crippen molar-refractivity contribution in [3.63, 3.8) is 0 Å². The van der Waals surface area contributed by atoms with Gasteiger partial charge in [0.25, 0.3) is 0 Å². The van der Waals surface area contributed by atoms with Gasteiger partial charge in [-0.15, -0.1) is 6.58 Å². The number of Topliss-reactive ketones (excluding diaryl/α,β-unsaturated/α-hetero) is 1. The van der Waals surface area contributed by atoms with Crippen LogP contribution in [0.1, 0.15) is 16.8 Å². The molecule has 3 heteroatoms. The first-order valence-electron chi connectivity index (χ1n) is 4.20. The van der Waals surface area contributed by atoms with Crippen molar-refractivity contribution >= 4 is 5.78 Å². The van der Waals surface area contributed by atoms with E-state index in [1.54, 1.807) is 12.1 Å². The van der Waals surface area contributed by atoms with Crippen molar-refractivity contribution in [1.82, 2.24) is 0 Å². The normalized spacial score (nSPS) is 9.50. The average molecular weight is 192 g/mol. The topological polar surface area (TPSA) is 46.5 Å². The monoisotopic (exact) mass is 192 g/mol. The van der Waals surface area contributed by atoms with E-state index in [4.69, 9.17) is 4.74 Å². The predicted octanol–water partition coefficient (Wildman–Crippen LogP) is 2.16. The minimum Gasteiger partial charge on any atom is -0.504 e. The molecule has 0 aromatic heterocycles. The Hall–Kier alpha value is -1.77. The van der Waals surface area contributed by atoms with E-state index >= 15 is 0 Å². The van der Waals surface area contributed by atoms with E-state index in [1.165, 1.54) is 19.3 Å². The van der Waals surface area contributed by atoms with Crippen molar-refractivity contribution in [2.75, 3.05) is 7.11 Å². The molecule has 0 radical (unpaired) electrons. The molecule has 0 spiro atoms. The molecule has 14 heavy (non-hydrogen) atoms. The number of aromatic hydroxyl groups is 1. The van der Waals surface area contributed by atoms with Gasteiger partial charge in [-0.25, -0.2) is 0 Å². The number of ketones is 1. The molecule has 0 heterocycles. The number of hydrogen-bond donors (Lipinski definition) is 1. The van der Waals surface area contributed by atoms with E-state index in [1.807, 2.05) is 0 Å². The summed E-state index contributed by atoms with van der Waals surface area (Å²) in [4.78, 5) is 11.4. The molecule has 0 aliphatic rings. The Morgan fingerprint density at radius 2 is 2.36 bits per heavy atom. The minimum atomic E-state index is -0.0713. The fourth-order valence-electron chi connectivity index (χ4n) is 1.11. The number of ether oxygens (including phenoxy) is 1. The van der Waals surface area contributed by atoms with Gasteiger partial charge in [0, 0.05) is 12.0 Å². The van der Waals surface area contributed by atoms with Crippen LogP contribution < -0.4 is 4.74 Å². The molecule has 0 aliphatic heterocycles. The molecule has 0 bridgehead atoms. The summed E-state index contributed by atoms with van der Waals surface area (Å²) in [7, 11) is 1.46. The van der Waals surface area contributed by atoms with Gasteiger partial charge in [0.1, 0.15) is 0 Å². The third-order valence-electron chi connectivity index (χ3n) is 1.83. The molecule has 1 rings (SSSR count). The number of methoxy groups -OCH3 is 1. The highest BCUT2D eigenvalue weighted by Crippen LogP contribution is 2.26. The van der Waals surface area contributed by atoms with E-state index in [0.717, 1.165) is 0 Å². The van der Waals surface area contributed by atoms with Crippen LogP contribution in [-0.2, 0) is 0 Å². The Morgan fingerprint density at radius 1 is 1.64 bits per heavy atom. The molecule has 0 aliphatic carbocycles. The van der Waals surface area contributed by atoms with E-state index in [-0.39, 0.29) is 18.0 Å². The molecule has 3 nitrogen and oxygen atoms in total. The second-order valence-corrected chi connectivity index (χ2v) is 2.80. The summed E-state index contributed by atoms with van der Waals surface area (Å²) < 4.78 is 4.86. The van der Waals surface area contributed by atoms with Crippen molar-refractivity contribution < 1.29 is 14.6 Å². The molecule has 0 unspecified atom stereocenters. The lowest BCUT2D eigenvalue weighted by Crippen LogP contribution is -1.96. The summed E-state index contributed by atoms with van der Waals surface area (Å²) in [5.74, 6) is 0.264. The molecule has 74 valence electrons. The number of hydrogen-bond acceptors (Lipinski definition) is 3. The largest absolute Gasteiger partial charge is 0.504 e. The summed E-state index contributed by atoms with van der Waals surface area (Å²) in [6.07, 6.45) is 1.80.